The molecule has 14 heavy (non-hydrogen) atoms. The Labute approximate surface area is 83.5 Å². The van der Waals surface area contributed by atoms with Crippen molar-refractivity contribution in [3.8, 4) is 0 Å². The lowest BCUT2D eigenvalue weighted by molar-refractivity contribution is -0.128. The molecule has 1 unspecified atom stereocenters. The van der Waals surface area contributed by atoms with Gasteiger partial charge in [0, 0.05) is 13.1 Å². The lowest BCUT2D eigenvalue weighted by Gasteiger charge is -2.37. The summed E-state index contributed by atoms with van der Waals surface area (Å²) < 4.78 is 0. The van der Waals surface area contributed by atoms with Gasteiger partial charge in [-0.3, -0.25) is 4.79 Å². The summed E-state index contributed by atoms with van der Waals surface area (Å²) in [6.45, 7) is 1.03. The minimum Gasteiger partial charge on any atom is -0.391 e. The molecule has 0 spiro atoms. The number of aliphatic hydroxyl groups is 2. The van der Waals surface area contributed by atoms with Crippen LogP contribution < -0.4 is 0 Å². The van der Waals surface area contributed by atoms with Gasteiger partial charge in [0.05, 0.1) is 18.1 Å². The fourth-order valence-electron chi connectivity index (χ4n) is 2.15. The SMILES string of the molecule is O=C1CC(O)CN1CCC1(O)CCC1. The van der Waals surface area contributed by atoms with Crippen molar-refractivity contribution in [2.75, 3.05) is 13.1 Å². The lowest BCUT2D eigenvalue weighted by Crippen LogP contribution is -2.41. The van der Waals surface area contributed by atoms with Gasteiger partial charge in [-0.25, -0.2) is 0 Å². The normalized spacial score (nSPS) is 30.6. The van der Waals surface area contributed by atoms with Crippen molar-refractivity contribution in [3.63, 3.8) is 0 Å². The topological polar surface area (TPSA) is 60.8 Å². The first-order valence-electron chi connectivity index (χ1n) is 5.27. The Morgan fingerprint density at radius 2 is 2.21 bits per heavy atom. The van der Waals surface area contributed by atoms with E-state index in [0.717, 1.165) is 19.3 Å². The van der Waals surface area contributed by atoms with Crippen LogP contribution in [0.25, 0.3) is 0 Å². The predicted octanol–water partition coefficient (Wildman–Crippen LogP) is -0.115. The number of hydrogen-bond acceptors (Lipinski definition) is 3. The number of rotatable bonds is 3. The van der Waals surface area contributed by atoms with Crippen LogP contribution in [0.5, 0.6) is 0 Å². The molecule has 1 saturated carbocycles. The predicted molar refractivity (Wildman–Crippen MR) is 50.6 cm³/mol. The third-order valence-electron chi connectivity index (χ3n) is 3.33. The molecule has 1 aliphatic heterocycles. The second-order valence-corrected chi connectivity index (χ2v) is 4.53. The monoisotopic (exact) mass is 199 g/mol. The van der Waals surface area contributed by atoms with Crippen molar-refractivity contribution in [1.82, 2.24) is 4.90 Å². The van der Waals surface area contributed by atoms with E-state index >= 15 is 0 Å². The molecule has 0 aromatic carbocycles. The van der Waals surface area contributed by atoms with Gasteiger partial charge in [0.15, 0.2) is 0 Å². The van der Waals surface area contributed by atoms with E-state index in [4.69, 9.17) is 0 Å². The number of carbonyl (C=O) groups excluding carboxylic acids is 1. The fraction of sp³-hybridized carbons (Fsp3) is 0.900. The third-order valence-corrected chi connectivity index (χ3v) is 3.33. The average molecular weight is 199 g/mol. The summed E-state index contributed by atoms with van der Waals surface area (Å²) in [7, 11) is 0. The van der Waals surface area contributed by atoms with Crippen molar-refractivity contribution in [2.24, 2.45) is 0 Å². The largest absolute Gasteiger partial charge is 0.391 e. The zero-order valence-corrected chi connectivity index (χ0v) is 8.28. The third kappa shape index (κ3) is 1.91. The van der Waals surface area contributed by atoms with Crippen LogP contribution in [0.4, 0.5) is 0 Å². The van der Waals surface area contributed by atoms with Gasteiger partial charge in [0.1, 0.15) is 0 Å². The first-order valence-corrected chi connectivity index (χ1v) is 5.27. The highest BCUT2D eigenvalue weighted by Crippen LogP contribution is 2.34. The Morgan fingerprint density at radius 3 is 2.64 bits per heavy atom. The first kappa shape index (κ1) is 9.93. The molecule has 4 nitrogen and oxygen atoms in total. The van der Waals surface area contributed by atoms with Crippen LogP contribution >= 0.6 is 0 Å². The van der Waals surface area contributed by atoms with Gasteiger partial charge in [-0.2, -0.15) is 0 Å². The van der Waals surface area contributed by atoms with Crippen LogP contribution in [0.2, 0.25) is 0 Å². The van der Waals surface area contributed by atoms with Gasteiger partial charge in [0.2, 0.25) is 5.91 Å². The van der Waals surface area contributed by atoms with Gasteiger partial charge >= 0.3 is 0 Å². The van der Waals surface area contributed by atoms with Gasteiger partial charge in [-0.05, 0) is 25.7 Å². The van der Waals surface area contributed by atoms with Crippen molar-refractivity contribution < 1.29 is 15.0 Å². The molecule has 2 N–H and O–H groups in total. The molecule has 0 aromatic heterocycles. The number of likely N-dealkylation sites (tertiary alicyclic amines) is 1. The molecule has 2 rings (SSSR count). The number of carbonyl (C=O) groups is 1. The Balaban J connectivity index is 1.78. The maximum absolute atomic E-state index is 11.3. The van der Waals surface area contributed by atoms with E-state index in [0.29, 0.717) is 19.5 Å². The molecule has 1 amide bonds. The fourth-order valence-corrected chi connectivity index (χ4v) is 2.15. The van der Waals surface area contributed by atoms with Gasteiger partial charge in [-0.15, -0.1) is 0 Å². The van der Waals surface area contributed by atoms with Crippen LogP contribution in [-0.2, 0) is 4.79 Å². The Bertz CT molecular complexity index is 238. The van der Waals surface area contributed by atoms with Crippen LogP contribution in [0, 0.1) is 0 Å². The summed E-state index contributed by atoms with van der Waals surface area (Å²) in [4.78, 5) is 12.9. The number of hydrogen-bond donors (Lipinski definition) is 2. The van der Waals surface area contributed by atoms with Gasteiger partial charge in [-0.1, -0.05) is 0 Å². The van der Waals surface area contributed by atoms with Crippen LogP contribution in [-0.4, -0.2) is 45.8 Å². The molecular formula is C10H17NO3. The highest BCUT2D eigenvalue weighted by Gasteiger charge is 2.36. The zero-order chi connectivity index (χ0) is 10.2. The summed E-state index contributed by atoms with van der Waals surface area (Å²) >= 11 is 0. The van der Waals surface area contributed by atoms with Gasteiger partial charge in [0.25, 0.3) is 0 Å². The van der Waals surface area contributed by atoms with Crippen molar-refractivity contribution in [3.05, 3.63) is 0 Å². The minimum atomic E-state index is -0.520. The number of aliphatic hydroxyl groups excluding tert-OH is 1. The molecule has 2 fully saturated rings. The second kappa shape index (κ2) is 3.51. The van der Waals surface area contributed by atoms with E-state index in [-0.39, 0.29) is 12.3 Å². The van der Waals surface area contributed by atoms with E-state index in [9.17, 15) is 15.0 Å². The standard InChI is InChI=1S/C10H17NO3/c12-8-6-9(13)11(7-8)5-4-10(14)2-1-3-10/h8,12,14H,1-7H2. The van der Waals surface area contributed by atoms with Crippen molar-refractivity contribution in [1.29, 1.82) is 0 Å². The average Bonchev–Trinajstić information content (AvgIpc) is 2.38. The highest BCUT2D eigenvalue weighted by molar-refractivity contribution is 5.78. The summed E-state index contributed by atoms with van der Waals surface area (Å²) in [5.74, 6) is 0.0143. The summed E-state index contributed by atoms with van der Waals surface area (Å²) in [6, 6.07) is 0. The molecule has 0 radical (unpaired) electrons. The second-order valence-electron chi connectivity index (χ2n) is 4.53. The minimum absolute atomic E-state index is 0.0143. The molecule has 80 valence electrons. The summed E-state index contributed by atoms with van der Waals surface area (Å²) in [6.07, 6.45) is 3.21. The first-order chi connectivity index (χ1) is 6.59. The molecule has 1 atom stereocenters. The molecular weight excluding hydrogens is 182 g/mol. The molecule has 1 heterocycles. The Hall–Kier alpha value is -0.610. The number of amides is 1. The lowest BCUT2D eigenvalue weighted by atomic mass is 9.78. The number of nitrogens with zero attached hydrogens (tertiary/aromatic N) is 1. The molecule has 0 aromatic rings. The van der Waals surface area contributed by atoms with E-state index in [1.165, 1.54) is 0 Å². The molecule has 1 aliphatic carbocycles. The van der Waals surface area contributed by atoms with Crippen LogP contribution in [0.3, 0.4) is 0 Å². The van der Waals surface area contributed by atoms with E-state index < -0.39 is 11.7 Å². The maximum atomic E-state index is 11.3. The molecule has 0 bridgehead atoms. The molecule has 1 saturated heterocycles. The summed E-state index contributed by atoms with van der Waals surface area (Å²) in [5.41, 5.74) is -0.520. The van der Waals surface area contributed by atoms with E-state index in [2.05, 4.69) is 0 Å². The van der Waals surface area contributed by atoms with E-state index in [1.54, 1.807) is 4.90 Å². The van der Waals surface area contributed by atoms with Gasteiger partial charge < -0.3 is 15.1 Å². The van der Waals surface area contributed by atoms with Crippen LogP contribution in [0.1, 0.15) is 32.1 Å². The summed E-state index contributed by atoms with van der Waals surface area (Å²) in [5, 5.41) is 19.1. The van der Waals surface area contributed by atoms with Crippen molar-refractivity contribution >= 4 is 5.91 Å². The smallest absolute Gasteiger partial charge is 0.225 e. The Kier molecular flexibility index (Phi) is 2.49. The van der Waals surface area contributed by atoms with E-state index in [1.807, 2.05) is 0 Å². The maximum Gasteiger partial charge on any atom is 0.225 e. The Morgan fingerprint density at radius 1 is 1.50 bits per heavy atom. The quantitative estimate of drug-likeness (QED) is 0.666. The van der Waals surface area contributed by atoms with Crippen LogP contribution in [0.15, 0.2) is 0 Å². The zero-order valence-electron chi connectivity index (χ0n) is 8.28. The molecule has 4 heteroatoms. The highest BCUT2D eigenvalue weighted by atomic mass is 16.3. The molecule has 2 aliphatic rings. The number of β-amino-alcohol motifs (C(OH)–C–C–N with tert-alkyl or cyclic N) is 1. The van der Waals surface area contributed by atoms with Crippen molar-refractivity contribution in [2.45, 2.75) is 43.8 Å².